The molecule has 0 radical (unpaired) electrons. The zero-order valence-electron chi connectivity index (χ0n) is 12.7. The van der Waals surface area contributed by atoms with Gasteiger partial charge in [0.15, 0.2) is 0 Å². The molecular formula is C13H26N2O4. The second-order valence-corrected chi connectivity index (χ2v) is 5.58. The summed E-state index contributed by atoms with van der Waals surface area (Å²) >= 11 is 0. The molecule has 0 aliphatic heterocycles. The molecule has 19 heavy (non-hydrogen) atoms. The molecule has 0 spiro atoms. The van der Waals surface area contributed by atoms with Crippen molar-refractivity contribution < 1.29 is 19.1 Å². The van der Waals surface area contributed by atoms with Gasteiger partial charge in [0.25, 0.3) is 0 Å². The van der Waals surface area contributed by atoms with Crippen molar-refractivity contribution in [2.24, 2.45) is 0 Å². The second kappa shape index (κ2) is 7.99. The predicted molar refractivity (Wildman–Crippen MR) is 72.9 cm³/mol. The Morgan fingerprint density at radius 1 is 1.16 bits per heavy atom. The van der Waals surface area contributed by atoms with Gasteiger partial charge in [-0.05, 0) is 41.5 Å². The molecule has 6 nitrogen and oxygen atoms in total. The molecule has 0 saturated heterocycles. The summed E-state index contributed by atoms with van der Waals surface area (Å²) in [6.07, 6.45) is -0.470. The first kappa shape index (κ1) is 17.7. The van der Waals surface area contributed by atoms with Crippen LogP contribution in [-0.4, -0.2) is 42.9 Å². The highest BCUT2D eigenvalue weighted by molar-refractivity contribution is 5.85. The average Bonchev–Trinajstić information content (AvgIpc) is 2.20. The van der Waals surface area contributed by atoms with Gasteiger partial charge < -0.3 is 20.1 Å². The number of carbonyl (C=O) groups excluding carboxylic acids is 2. The highest BCUT2D eigenvalue weighted by atomic mass is 16.6. The lowest BCUT2D eigenvalue weighted by Gasteiger charge is -2.21. The van der Waals surface area contributed by atoms with E-state index in [1.54, 1.807) is 27.7 Å². The third-order valence-electron chi connectivity index (χ3n) is 1.98. The summed E-state index contributed by atoms with van der Waals surface area (Å²) in [6.45, 7) is 11.6. The van der Waals surface area contributed by atoms with Gasteiger partial charge in [-0.15, -0.1) is 0 Å². The van der Waals surface area contributed by atoms with Crippen LogP contribution in [0.4, 0.5) is 4.79 Å². The van der Waals surface area contributed by atoms with Crippen LogP contribution in [0.25, 0.3) is 0 Å². The van der Waals surface area contributed by atoms with Gasteiger partial charge in [-0.25, -0.2) is 4.79 Å². The molecule has 2 N–H and O–H groups in total. The molecule has 0 bridgehead atoms. The molecule has 0 rings (SSSR count). The Kier molecular flexibility index (Phi) is 7.44. The summed E-state index contributed by atoms with van der Waals surface area (Å²) in [4.78, 5) is 23.1. The second-order valence-electron chi connectivity index (χ2n) is 5.58. The molecule has 0 aliphatic rings. The van der Waals surface area contributed by atoms with E-state index in [1.165, 1.54) is 0 Å². The van der Waals surface area contributed by atoms with Crippen LogP contribution in [0.2, 0.25) is 0 Å². The molecule has 1 atom stereocenters. The topological polar surface area (TPSA) is 76.7 Å². The van der Waals surface area contributed by atoms with E-state index < -0.39 is 17.7 Å². The molecule has 0 saturated carbocycles. The monoisotopic (exact) mass is 274 g/mol. The van der Waals surface area contributed by atoms with Gasteiger partial charge in [0, 0.05) is 6.54 Å². The summed E-state index contributed by atoms with van der Waals surface area (Å²) in [5.74, 6) is -0.266. The first-order valence-corrected chi connectivity index (χ1v) is 6.50. The van der Waals surface area contributed by atoms with Crippen molar-refractivity contribution in [2.75, 3.05) is 13.2 Å². The minimum atomic E-state index is -0.645. The van der Waals surface area contributed by atoms with Crippen LogP contribution in [0.5, 0.6) is 0 Å². The number of amides is 2. The highest BCUT2D eigenvalue weighted by Gasteiger charge is 2.20. The van der Waals surface area contributed by atoms with Gasteiger partial charge in [0.05, 0.1) is 12.7 Å². The van der Waals surface area contributed by atoms with Crippen molar-refractivity contribution >= 4 is 12.0 Å². The van der Waals surface area contributed by atoms with Crippen molar-refractivity contribution in [1.82, 2.24) is 10.6 Å². The van der Waals surface area contributed by atoms with Crippen LogP contribution < -0.4 is 10.6 Å². The fourth-order valence-corrected chi connectivity index (χ4v) is 1.17. The normalized spacial score (nSPS) is 13.0. The summed E-state index contributed by atoms with van der Waals surface area (Å²) < 4.78 is 10.4. The molecule has 2 amide bonds. The van der Waals surface area contributed by atoms with Crippen LogP contribution in [0, 0.1) is 0 Å². The van der Waals surface area contributed by atoms with Gasteiger partial charge in [0.1, 0.15) is 11.6 Å². The van der Waals surface area contributed by atoms with Gasteiger partial charge in [-0.3, -0.25) is 4.79 Å². The quantitative estimate of drug-likeness (QED) is 0.719. The smallest absolute Gasteiger partial charge is 0.408 e. The van der Waals surface area contributed by atoms with Crippen LogP contribution in [-0.2, 0) is 14.3 Å². The van der Waals surface area contributed by atoms with Gasteiger partial charge in [0.2, 0.25) is 5.91 Å². The molecule has 0 unspecified atom stereocenters. The summed E-state index contributed by atoms with van der Waals surface area (Å²) in [6, 6.07) is -0.645. The third-order valence-corrected chi connectivity index (χ3v) is 1.98. The Bertz CT molecular complexity index is 298. The molecule has 0 aromatic carbocycles. The van der Waals surface area contributed by atoms with Gasteiger partial charge in [-0.1, -0.05) is 0 Å². The van der Waals surface area contributed by atoms with E-state index in [2.05, 4.69) is 10.6 Å². The minimum absolute atomic E-state index is 0.134. The molecule has 112 valence electrons. The Morgan fingerprint density at radius 2 is 1.74 bits per heavy atom. The fraction of sp³-hybridized carbons (Fsp3) is 0.846. The van der Waals surface area contributed by atoms with E-state index in [0.29, 0.717) is 13.2 Å². The maximum Gasteiger partial charge on any atom is 0.408 e. The Morgan fingerprint density at radius 3 is 2.21 bits per heavy atom. The average molecular weight is 274 g/mol. The van der Waals surface area contributed by atoms with Gasteiger partial charge in [-0.2, -0.15) is 0 Å². The number of nitrogens with one attached hydrogen (secondary N) is 2. The summed E-state index contributed by atoms with van der Waals surface area (Å²) in [5, 5.41) is 5.14. The number of alkyl carbamates (subject to hydrolysis) is 1. The summed E-state index contributed by atoms with van der Waals surface area (Å²) in [7, 11) is 0. The lowest BCUT2D eigenvalue weighted by Crippen LogP contribution is -2.47. The number of carbonyl (C=O) groups is 2. The first-order chi connectivity index (χ1) is 8.61. The van der Waals surface area contributed by atoms with Crippen molar-refractivity contribution in [3.05, 3.63) is 0 Å². The van der Waals surface area contributed by atoms with Crippen LogP contribution in [0.3, 0.4) is 0 Å². The van der Waals surface area contributed by atoms with E-state index in [0.717, 1.165) is 0 Å². The Labute approximate surface area is 115 Å². The van der Waals surface area contributed by atoms with Crippen molar-refractivity contribution in [3.63, 3.8) is 0 Å². The van der Waals surface area contributed by atoms with E-state index in [9.17, 15) is 9.59 Å². The van der Waals surface area contributed by atoms with Crippen molar-refractivity contribution in [1.29, 1.82) is 0 Å². The number of hydrogen-bond donors (Lipinski definition) is 2. The van der Waals surface area contributed by atoms with E-state index in [-0.39, 0.29) is 12.0 Å². The third kappa shape index (κ3) is 10.3. The molecule has 0 aromatic rings. The number of ether oxygens (including phenoxy) is 2. The maximum absolute atomic E-state index is 11.7. The van der Waals surface area contributed by atoms with E-state index in [1.807, 2.05) is 13.8 Å². The lowest BCUT2D eigenvalue weighted by atomic mass is 10.2. The largest absolute Gasteiger partial charge is 0.444 e. The molecule has 0 heterocycles. The molecule has 0 aliphatic carbocycles. The molecular weight excluding hydrogens is 248 g/mol. The maximum atomic E-state index is 11.7. The van der Waals surface area contributed by atoms with Crippen LogP contribution in [0.1, 0.15) is 41.5 Å². The van der Waals surface area contributed by atoms with Crippen molar-refractivity contribution in [2.45, 2.75) is 59.3 Å². The highest BCUT2D eigenvalue weighted by Crippen LogP contribution is 2.06. The van der Waals surface area contributed by atoms with Gasteiger partial charge >= 0.3 is 6.09 Å². The standard InChI is InChI=1S/C13H26N2O4/c1-9(2)18-8-7-14-11(16)10(3)15-12(17)19-13(4,5)6/h9-10H,7-8H2,1-6H3,(H,14,16)(H,15,17)/t10-/m0/s1. The summed E-state index contributed by atoms with van der Waals surface area (Å²) in [5.41, 5.74) is -0.578. The van der Waals surface area contributed by atoms with E-state index >= 15 is 0 Å². The zero-order chi connectivity index (χ0) is 15.1. The Hall–Kier alpha value is -1.30. The zero-order valence-corrected chi connectivity index (χ0v) is 12.7. The SMILES string of the molecule is CC(C)OCCNC(=O)[C@H](C)NC(=O)OC(C)(C)C. The van der Waals surface area contributed by atoms with E-state index in [4.69, 9.17) is 9.47 Å². The molecule has 0 fully saturated rings. The molecule has 6 heteroatoms. The predicted octanol–water partition coefficient (Wildman–Crippen LogP) is 1.44. The minimum Gasteiger partial charge on any atom is -0.444 e. The first-order valence-electron chi connectivity index (χ1n) is 6.50. The molecule has 0 aromatic heterocycles. The van der Waals surface area contributed by atoms with Crippen LogP contribution in [0.15, 0.2) is 0 Å². The number of rotatable bonds is 6. The Balaban J connectivity index is 3.90. The lowest BCUT2D eigenvalue weighted by molar-refractivity contribution is -0.123. The van der Waals surface area contributed by atoms with Crippen molar-refractivity contribution in [3.8, 4) is 0 Å². The fourth-order valence-electron chi connectivity index (χ4n) is 1.17. The number of hydrogen-bond acceptors (Lipinski definition) is 4. The van der Waals surface area contributed by atoms with Crippen LogP contribution >= 0.6 is 0 Å².